The average molecular weight is 364 g/mol. The first-order valence-corrected chi connectivity index (χ1v) is 8.76. The maximum absolute atomic E-state index is 12.3. The standard InChI is InChI=1S/C22H24N2O3/c1-24(15-22(25)23-19-5-4-6-20(13-19)26-2)14-16-7-8-18-12-21(27-3)10-9-17(18)11-16/h4-13H,14-15H2,1-3H3,(H,23,25). The van der Waals surface area contributed by atoms with Gasteiger partial charge in [0, 0.05) is 18.3 Å². The molecule has 0 aromatic heterocycles. The SMILES string of the molecule is COc1cccc(NC(=O)CN(C)Cc2ccc3cc(OC)ccc3c2)c1. The number of nitrogens with one attached hydrogen (secondary N) is 1. The van der Waals surface area contributed by atoms with E-state index in [1.165, 1.54) is 0 Å². The van der Waals surface area contributed by atoms with Gasteiger partial charge in [0.25, 0.3) is 0 Å². The van der Waals surface area contributed by atoms with Gasteiger partial charge in [-0.05, 0) is 53.7 Å². The van der Waals surface area contributed by atoms with Crippen molar-refractivity contribution in [3.8, 4) is 11.5 Å². The lowest BCUT2D eigenvalue weighted by atomic mass is 10.1. The van der Waals surface area contributed by atoms with Crippen LogP contribution in [0, 0.1) is 0 Å². The molecule has 0 saturated carbocycles. The molecule has 3 rings (SSSR count). The summed E-state index contributed by atoms with van der Waals surface area (Å²) in [7, 11) is 5.21. The van der Waals surface area contributed by atoms with Gasteiger partial charge < -0.3 is 14.8 Å². The van der Waals surface area contributed by atoms with E-state index in [-0.39, 0.29) is 5.91 Å². The molecule has 0 aliphatic rings. The van der Waals surface area contributed by atoms with Gasteiger partial charge in [-0.25, -0.2) is 0 Å². The van der Waals surface area contributed by atoms with Crippen molar-refractivity contribution in [2.75, 3.05) is 33.1 Å². The minimum atomic E-state index is -0.0590. The second kappa shape index (κ2) is 8.56. The van der Waals surface area contributed by atoms with Gasteiger partial charge in [-0.2, -0.15) is 0 Å². The highest BCUT2D eigenvalue weighted by molar-refractivity contribution is 5.92. The van der Waals surface area contributed by atoms with Crippen LogP contribution in [0.15, 0.2) is 60.7 Å². The number of hydrogen-bond acceptors (Lipinski definition) is 4. The molecule has 1 amide bonds. The molecule has 0 atom stereocenters. The molecule has 27 heavy (non-hydrogen) atoms. The zero-order chi connectivity index (χ0) is 19.2. The number of likely N-dealkylation sites (N-methyl/N-ethyl adjacent to an activating group) is 1. The molecule has 3 aromatic carbocycles. The fourth-order valence-electron chi connectivity index (χ4n) is 3.01. The Labute approximate surface area is 159 Å². The molecule has 1 N–H and O–H groups in total. The molecule has 5 heteroatoms. The van der Waals surface area contributed by atoms with E-state index < -0.39 is 0 Å². The number of methoxy groups -OCH3 is 2. The van der Waals surface area contributed by atoms with Crippen molar-refractivity contribution in [1.82, 2.24) is 4.90 Å². The summed E-state index contributed by atoms with van der Waals surface area (Å²) in [6, 6.07) is 19.7. The van der Waals surface area contributed by atoms with Crippen molar-refractivity contribution >= 4 is 22.4 Å². The number of rotatable bonds is 7. The lowest BCUT2D eigenvalue weighted by Gasteiger charge is -2.17. The Hall–Kier alpha value is -3.05. The topological polar surface area (TPSA) is 50.8 Å². The van der Waals surface area contributed by atoms with Crippen molar-refractivity contribution < 1.29 is 14.3 Å². The summed E-state index contributed by atoms with van der Waals surface area (Å²) in [5.41, 5.74) is 1.89. The Balaban J connectivity index is 1.60. The first-order chi connectivity index (χ1) is 13.1. The third kappa shape index (κ3) is 4.99. The number of carbonyl (C=O) groups excluding carboxylic acids is 1. The van der Waals surface area contributed by atoms with Gasteiger partial charge in [0.05, 0.1) is 20.8 Å². The minimum absolute atomic E-state index is 0.0590. The van der Waals surface area contributed by atoms with Crippen molar-refractivity contribution in [3.05, 3.63) is 66.2 Å². The molecule has 140 valence electrons. The van der Waals surface area contributed by atoms with Crippen LogP contribution in [0.3, 0.4) is 0 Å². The summed E-state index contributed by atoms with van der Waals surface area (Å²) in [4.78, 5) is 14.3. The Morgan fingerprint density at radius 3 is 2.41 bits per heavy atom. The highest BCUT2D eigenvalue weighted by Gasteiger charge is 2.09. The smallest absolute Gasteiger partial charge is 0.238 e. The average Bonchev–Trinajstić information content (AvgIpc) is 2.67. The Bertz CT molecular complexity index is 940. The van der Waals surface area contributed by atoms with E-state index in [1.807, 2.05) is 48.3 Å². The van der Waals surface area contributed by atoms with E-state index in [0.717, 1.165) is 27.8 Å². The maximum atomic E-state index is 12.3. The van der Waals surface area contributed by atoms with Crippen molar-refractivity contribution in [2.24, 2.45) is 0 Å². The molecule has 0 bridgehead atoms. The van der Waals surface area contributed by atoms with Crippen LogP contribution in [-0.2, 0) is 11.3 Å². The number of ether oxygens (including phenoxy) is 2. The predicted molar refractivity (Wildman–Crippen MR) is 108 cm³/mol. The van der Waals surface area contributed by atoms with Crippen molar-refractivity contribution in [1.29, 1.82) is 0 Å². The summed E-state index contributed by atoms with van der Waals surface area (Å²) in [5.74, 6) is 1.51. The van der Waals surface area contributed by atoms with Crippen LogP contribution in [0.2, 0.25) is 0 Å². The summed E-state index contributed by atoms with van der Waals surface area (Å²) in [5, 5.41) is 5.19. The number of benzene rings is 3. The second-order valence-electron chi connectivity index (χ2n) is 6.50. The third-order valence-corrected chi connectivity index (χ3v) is 4.33. The fraction of sp³-hybridized carbons (Fsp3) is 0.227. The van der Waals surface area contributed by atoms with Crippen LogP contribution in [0.25, 0.3) is 10.8 Å². The largest absolute Gasteiger partial charge is 0.497 e. The zero-order valence-corrected chi connectivity index (χ0v) is 15.9. The monoisotopic (exact) mass is 364 g/mol. The predicted octanol–water partition coefficient (Wildman–Crippen LogP) is 3.93. The summed E-state index contributed by atoms with van der Waals surface area (Å²) in [6.45, 7) is 0.991. The molecule has 5 nitrogen and oxygen atoms in total. The molecular formula is C22H24N2O3. The molecule has 0 saturated heterocycles. The van der Waals surface area contributed by atoms with Gasteiger partial charge in [-0.3, -0.25) is 9.69 Å². The molecule has 0 radical (unpaired) electrons. The first kappa shape index (κ1) is 18.7. The van der Waals surface area contributed by atoms with E-state index >= 15 is 0 Å². The Kier molecular flexibility index (Phi) is 5.94. The molecule has 0 unspecified atom stereocenters. The van der Waals surface area contributed by atoms with Gasteiger partial charge >= 0.3 is 0 Å². The van der Waals surface area contributed by atoms with Crippen molar-refractivity contribution in [3.63, 3.8) is 0 Å². The van der Waals surface area contributed by atoms with Gasteiger partial charge in [0.15, 0.2) is 0 Å². The molecule has 0 aliphatic carbocycles. The number of fused-ring (bicyclic) bond motifs is 1. The summed E-state index contributed by atoms with van der Waals surface area (Å²) < 4.78 is 10.4. The van der Waals surface area contributed by atoms with E-state index in [9.17, 15) is 4.79 Å². The van der Waals surface area contributed by atoms with E-state index in [1.54, 1.807) is 20.3 Å². The van der Waals surface area contributed by atoms with Crippen LogP contribution >= 0.6 is 0 Å². The van der Waals surface area contributed by atoms with Gasteiger partial charge in [-0.1, -0.05) is 24.3 Å². The molecule has 0 fully saturated rings. The number of hydrogen-bond donors (Lipinski definition) is 1. The third-order valence-electron chi connectivity index (χ3n) is 4.33. The number of nitrogens with zero attached hydrogens (tertiary/aromatic N) is 1. The number of anilines is 1. The lowest BCUT2D eigenvalue weighted by Crippen LogP contribution is -2.29. The number of carbonyl (C=O) groups is 1. The molecule has 0 spiro atoms. The number of amides is 1. The highest BCUT2D eigenvalue weighted by atomic mass is 16.5. The highest BCUT2D eigenvalue weighted by Crippen LogP contribution is 2.22. The quantitative estimate of drug-likeness (QED) is 0.690. The molecule has 0 heterocycles. The van der Waals surface area contributed by atoms with Gasteiger partial charge in [0.2, 0.25) is 5.91 Å². The molecular weight excluding hydrogens is 340 g/mol. The maximum Gasteiger partial charge on any atom is 0.238 e. The zero-order valence-electron chi connectivity index (χ0n) is 15.9. The van der Waals surface area contributed by atoms with Crippen LogP contribution in [0.1, 0.15) is 5.56 Å². The van der Waals surface area contributed by atoms with Crippen LogP contribution in [-0.4, -0.2) is 38.6 Å². The lowest BCUT2D eigenvalue weighted by molar-refractivity contribution is -0.117. The van der Waals surface area contributed by atoms with E-state index in [4.69, 9.17) is 9.47 Å². The van der Waals surface area contributed by atoms with Crippen LogP contribution in [0.4, 0.5) is 5.69 Å². The van der Waals surface area contributed by atoms with E-state index in [2.05, 4.69) is 23.5 Å². The van der Waals surface area contributed by atoms with Crippen LogP contribution in [0.5, 0.6) is 11.5 Å². The van der Waals surface area contributed by atoms with E-state index in [0.29, 0.717) is 18.8 Å². The fourth-order valence-corrected chi connectivity index (χ4v) is 3.01. The molecule has 0 aliphatic heterocycles. The first-order valence-electron chi connectivity index (χ1n) is 8.76. The summed E-state index contributed by atoms with van der Waals surface area (Å²) >= 11 is 0. The van der Waals surface area contributed by atoms with Gasteiger partial charge in [0.1, 0.15) is 11.5 Å². The minimum Gasteiger partial charge on any atom is -0.497 e. The van der Waals surface area contributed by atoms with Crippen molar-refractivity contribution in [2.45, 2.75) is 6.54 Å². The Morgan fingerprint density at radius 2 is 1.63 bits per heavy atom. The second-order valence-corrected chi connectivity index (χ2v) is 6.50. The summed E-state index contributed by atoms with van der Waals surface area (Å²) in [6.07, 6.45) is 0. The normalized spacial score (nSPS) is 10.8. The van der Waals surface area contributed by atoms with Crippen LogP contribution < -0.4 is 14.8 Å². The Morgan fingerprint density at radius 1 is 0.926 bits per heavy atom. The van der Waals surface area contributed by atoms with Gasteiger partial charge in [-0.15, -0.1) is 0 Å². The molecule has 3 aromatic rings.